The Morgan fingerprint density at radius 2 is 1.65 bits per heavy atom. The Labute approximate surface area is 195 Å². The topological polar surface area (TPSA) is 95.9 Å². The molecule has 0 spiro atoms. The highest BCUT2D eigenvalue weighted by atomic mass is 19.3. The van der Waals surface area contributed by atoms with Crippen LogP contribution in [0.3, 0.4) is 0 Å². The summed E-state index contributed by atoms with van der Waals surface area (Å²) in [5.41, 5.74) is 4.05. The summed E-state index contributed by atoms with van der Waals surface area (Å²) in [5, 5.41) is 11.4. The van der Waals surface area contributed by atoms with Crippen molar-refractivity contribution >= 4 is 18.0 Å². The van der Waals surface area contributed by atoms with E-state index in [1.807, 2.05) is 48.5 Å². The van der Waals surface area contributed by atoms with Gasteiger partial charge in [-0.3, -0.25) is 4.79 Å². The van der Waals surface area contributed by atoms with Crippen LogP contribution in [0, 0.1) is 0 Å². The number of carboxylic acid groups (broad SMARTS) is 1. The zero-order valence-electron chi connectivity index (χ0n) is 18.5. The maximum Gasteiger partial charge on any atom is 0.407 e. The van der Waals surface area contributed by atoms with Gasteiger partial charge in [-0.25, -0.2) is 18.4 Å². The van der Waals surface area contributed by atoms with Crippen molar-refractivity contribution in [3.63, 3.8) is 0 Å². The van der Waals surface area contributed by atoms with E-state index in [1.165, 1.54) is 0 Å². The first-order chi connectivity index (χ1) is 16.4. The molecule has 1 saturated heterocycles. The lowest BCUT2D eigenvalue weighted by Gasteiger charge is -2.34. The number of amides is 2. The van der Waals surface area contributed by atoms with Gasteiger partial charge in [0.25, 0.3) is 6.43 Å². The van der Waals surface area contributed by atoms with Crippen LogP contribution in [0.25, 0.3) is 11.1 Å². The Kier molecular flexibility index (Phi) is 7.09. The van der Waals surface area contributed by atoms with Crippen molar-refractivity contribution in [2.45, 2.75) is 50.1 Å². The van der Waals surface area contributed by atoms with E-state index in [2.05, 4.69) is 5.32 Å². The number of benzene rings is 2. The first-order valence-corrected chi connectivity index (χ1v) is 11.3. The van der Waals surface area contributed by atoms with Crippen LogP contribution < -0.4 is 5.32 Å². The lowest BCUT2D eigenvalue weighted by Crippen LogP contribution is -2.51. The second-order valence-electron chi connectivity index (χ2n) is 8.55. The van der Waals surface area contributed by atoms with Gasteiger partial charge in [0, 0.05) is 12.5 Å². The van der Waals surface area contributed by atoms with Gasteiger partial charge >= 0.3 is 12.1 Å². The summed E-state index contributed by atoms with van der Waals surface area (Å²) in [6.45, 7) is 0.147. The van der Waals surface area contributed by atoms with E-state index in [1.54, 1.807) is 0 Å². The van der Waals surface area contributed by atoms with Gasteiger partial charge in [-0.1, -0.05) is 48.5 Å². The van der Waals surface area contributed by atoms with Gasteiger partial charge in [0.1, 0.15) is 18.7 Å². The number of nitrogens with one attached hydrogen (secondary N) is 1. The number of carboxylic acids is 1. The van der Waals surface area contributed by atoms with Crippen LogP contribution >= 0.6 is 0 Å². The van der Waals surface area contributed by atoms with E-state index in [0.29, 0.717) is 12.8 Å². The number of halogens is 2. The van der Waals surface area contributed by atoms with Crippen molar-refractivity contribution < 1.29 is 33.0 Å². The lowest BCUT2D eigenvalue weighted by molar-refractivity contribution is -0.152. The van der Waals surface area contributed by atoms with Crippen molar-refractivity contribution in [1.29, 1.82) is 0 Å². The van der Waals surface area contributed by atoms with Gasteiger partial charge in [-0.2, -0.15) is 0 Å². The summed E-state index contributed by atoms with van der Waals surface area (Å²) in [6, 6.07) is 12.7. The second-order valence-corrected chi connectivity index (χ2v) is 8.55. The molecule has 4 rings (SSSR count). The van der Waals surface area contributed by atoms with E-state index in [4.69, 9.17) is 4.74 Å². The van der Waals surface area contributed by atoms with Gasteiger partial charge in [0.05, 0.1) is 6.42 Å². The number of hydrogen-bond donors (Lipinski definition) is 2. The van der Waals surface area contributed by atoms with Crippen molar-refractivity contribution in [1.82, 2.24) is 10.2 Å². The number of carbonyl (C=O) groups is 3. The summed E-state index contributed by atoms with van der Waals surface area (Å²) in [4.78, 5) is 37.5. The SMILES string of the molecule is O=C(NC(CC(=O)N1CCCCC1C(=O)O)C(F)F)OCC1c2ccccc2-c2ccccc21. The van der Waals surface area contributed by atoms with Gasteiger partial charge in [0.2, 0.25) is 5.91 Å². The molecule has 2 N–H and O–H groups in total. The molecule has 180 valence electrons. The minimum Gasteiger partial charge on any atom is -0.480 e. The number of piperidine rings is 1. The smallest absolute Gasteiger partial charge is 0.407 e. The van der Waals surface area contributed by atoms with Crippen molar-refractivity contribution in [2.24, 2.45) is 0 Å². The molecule has 0 aromatic heterocycles. The molecule has 2 unspecified atom stereocenters. The number of aliphatic carboxylic acids is 1. The maximum absolute atomic E-state index is 13.6. The quantitative estimate of drug-likeness (QED) is 0.635. The summed E-state index contributed by atoms with van der Waals surface area (Å²) in [6.07, 6.45) is -3.23. The number of nitrogens with zero attached hydrogens (tertiary/aromatic N) is 1. The van der Waals surface area contributed by atoms with Crippen LogP contribution in [0.1, 0.15) is 42.7 Å². The summed E-state index contributed by atoms with van der Waals surface area (Å²) >= 11 is 0. The highest BCUT2D eigenvalue weighted by Crippen LogP contribution is 2.44. The zero-order chi connectivity index (χ0) is 24.2. The van der Waals surface area contributed by atoms with E-state index < -0.39 is 42.9 Å². The molecule has 2 aromatic rings. The molecular weight excluding hydrogens is 446 g/mol. The first-order valence-electron chi connectivity index (χ1n) is 11.3. The predicted molar refractivity (Wildman–Crippen MR) is 120 cm³/mol. The fourth-order valence-corrected chi connectivity index (χ4v) is 4.79. The van der Waals surface area contributed by atoms with E-state index in [0.717, 1.165) is 27.2 Å². The van der Waals surface area contributed by atoms with Gasteiger partial charge < -0.3 is 20.1 Å². The zero-order valence-corrected chi connectivity index (χ0v) is 18.5. The molecule has 2 aliphatic rings. The third-order valence-electron chi connectivity index (χ3n) is 6.45. The van der Waals surface area contributed by atoms with E-state index >= 15 is 0 Å². The number of fused-ring (bicyclic) bond motifs is 3. The molecule has 1 aliphatic heterocycles. The first kappa shape index (κ1) is 23.7. The molecular formula is C25H26F2N2O5. The van der Waals surface area contributed by atoms with Crippen LogP contribution in [0.4, 0.5) is 13.6 Å². The van der Waals surface area contributed by atoms with Crippen LogP contribution in [0.5, 0.6) is 0 Å². The average molecular weight is 472 g/mol. The molecule has 9 heteroatoms. The largest absolute Gasteiger partial charge is 0.480 e. The normalized spacial score (nSPS) is 18.2. The lowest BCUT2D eigenvalue weighted by atomic mass is 9.98. The van der Waals surface area contributed by atoms with Gasteiger partial charge in [0.15, 0.2) is 0 Å². The number of alkyl halides is 2. The molecule has 0 radical (unpaired) electrons. The highest BCUT2D eigenvalue weighted by molar-refractivity contribution is 5.84. The maximum atomic E-state index is 13.6. The number of alkyl carbamates (subject to hydrolysis) is 1. The Morgan fingerprint density at radius 1 is 1.03 bits per heavy atom. The number of hydrogen-bond acceptors (Lipinski definition) is 4. The minimum atomic E-state index is -3.02. The van der Waals surface area contributed by atoms with Crippen molar-refractivity contribution in [2.75, 3.05) is 13.2 Å². The molecule has 1 fully saturated rings. The fourth-order valence-electron chi connectivity index (χ4n) is 4.79. The Hall–Kier alpha value is -3.49. The third-order valence-corrected chi connectivity index (χ3v) is 6.45. The van der Waals surface area contributed by atoms with Crippen LogP contribution in [-0.2, 0) is 14.3 Å². The molecule has 34 heavy (non-hydrogen) atoms. The molecule has 2 amide bonds. The number of ether oxygens (including phenoxy) is 1. The standard InChI is InChI=1S/C25H26F2N2O5/c26-23(27)20(13-22(30)29-12-6-5-11-21(29)24(31)32)28-25(33)34-14-19-17-9-3-1-7-15(17)16-8-2-4-10-18(16)19/h1-4,7-10,19-21,23H,5-6,11-14H2,(H,28,33)(H,31,32). The second kappa shape index (κ2) is 10.2. The third kappa shape index (κ3) is 4.88. The molecule has 1 aliphatic carbocycles. The number of likely N-dealkylation sites (tertiary alicyclic amines) is 1. The van der Waals surface area contributed by atoms with Crippen LogP contribution in [-0.4, -0.2) is 59.6 Å². The minimum absolute atomic E-state index is 0.0447. The molecule has 0 saturated carbocycles. The summed E-state index contributed by atoms with van der Waals surface area (Å²) < 4.78 is 32.5. The van der Waals surface area contributed by atoms with Gasteiger partial charge in [-0.05, 0) is 41.5 Å². The Bertz CT molecular complexity index is 1030. The van der Waals surface area contributed by atoms with Crippen molar-refractivity contribution in [3.8, 4) is 11.1 Å². The van der Waals surface area contributed by atoms with Crippen LogP contribution in [0.15, 0.2) is 48.5 Å². The number of carbonyl (C=O) groups excluding carboxylic acids is 2. The van der Waals surface area contributed by atoms with Gasteiger partial charge in [-0.15, -0.1) is 0 Å². The fraction of sp³-hybridized carbons (Fsp3) is 0.400. The predicted octanol–water partition coefficient (Wildman–Crippen LogP) is 4.01. The molecule has 2 atom stereocenters. The Morgan fingerprint density at radius 3 is 2.24 bits per heavy atom. The number of rotatable bonds is 7. The monoisotopic (exact) mass is 472 g/mol. The highest BCUT2D eigenvalue weighted by Gasteiger charge is 2.35. The molecule has 0 bridgehead atoms. The van der Waals surface area contributed by atoms with E-state index in [-0.39, 0.29) is 25.5 Å². The molecule has 2 aromatic carbocycles. The van der Waals surface area contributed by atoms with Crippen LogP contribution in [0.2, 0.25) is 0 Å². The van der Waals surface area contributed by atoms with E-state index in [9.17, 15) is 28.3 Å². The molecule has 7 nitrogen and oxygen atoms in total. The van der Waals surface area contributed by atoms with Crippen molar-refractivity contribution in [3.05, 3.63) is 59.7 Å². The average Bonchev–Trinajstić information content (AvgIpc) is 3.16. The summed E-state index contributed by atoms with van der Waals surface area (Å²) in [7, 11) is 0. The molecule has 1 heterocycles. The Balaban J connectivity index is 1.38. The summed E-state index contributed by atoms with van der Waals surface area (Å²) in [5.74, 6) is -2.11.